The highest BCUT2D eigenvalue weighted by Gasteiger charge is 2.25. The van der Waals surface area contributed by atoms with Gasteiger partial charge in [-0.25, -0.2) is 0 Å². The molecule has 1 amide bonds. The molecule has 0 aliphatic carbocycles. The van der Waals surface area contributed by atoms with E-state index < -0.39 is 16.4 Å². The van der Waals surface area contributed by atoms with Crippen LogP contribution in [0.15, 0.2) is 18.2 Å². The van der Waals surface area contributed by atoms with Crippen LogP contribution in [0.3, 0.4) is 0 Å². The van der Waals surface area contributed by atoms with Crippen LogP contribution < -0.4 is 16.2 Å². The summed E-state index contributed by atoms with van der Waals surface area (Å²) in [6.07, 6.45) is 0.721. The Bertz CT molecular complexity index is 519. The van der Waals surface area contributed by atoms with Crippen LogP contribution in [0.2, 0.25) is 5.02 Å². The molecule has 0 radical (unpaired) electrons. The number of nitrogens with two attached hydrogens (primary N) is 2. The number of ether oxygens (including phenoxy) is 1. The normalized spacial score (nSPS) is 13.6. The molecule has 0 aromatic heterocycles. The number of benzene rings is 1. The lowest BCUT2D eigenvalue weighted by atomic mass is 9.97. The summed E-state index contributed by atoms with van der Waals surface area (Å²) in [7, 11) is 0. The van der Waals surface area contributed by atoms with E-state index in [2.05, 4.69) is 0 Å². The maximum atomic E-state index is 11.0. The fourth-order valence-electron chi connectivity index (χ4n) is 1.52. The molecule has 0 saturated heterocycles. The third-order valence-corrected chi connectivity index (χ3v) is 3.09. The van der Waals surface area contributed by atoms with Gasteiger partial charge >= 0.3 is 5.69 Å². The average Bonchev–Trinajstić information content (AvgIpc) is 2.35. The first kappa shape index (κ1) is 16.2. The van der Waals surface area contributed by atoms with E-state index in [4.69, 9.17) is 27.8 Å². The quantitative estimate of drug-likeness (QED) is 0.450. The van der Waals surface area contributed by atoms with E-state index in [1.165, 1.54) is 25.1 Å². The zero-order valence-electron chi connectivity index (χ0n) is 11.0. The van der Waals surface area contributed by atoms with Crippen LogP contribution in [-0.2, 0) is 4.79 Å². The molecule has 0 aliphatic heterocycles. The lowest BCUT2D eigenvalue weighted by molar-refractivity contribution is -0.385. The van der Waals surface area contributed by atoms with E-state index in [0.29, 0.717) is 12.8 Å². The van der Waals surface area contributed by atoms with Gasteiger partial charge in [0.1, 0.15) is 0 Å². The summed E-state index contributed by atoms with van der Waals surface area (Å²) in [5.74, 6) is -0.599. The van der Waals surface area contributed by atoms with E-state index in [1.54, 1.807) is 0 Å². The zero-order valence-corrected chi connectivity index (χ0v) is 11.7. The first-order valence-corrected chi connectivity index (χ1v) is 6.28. The number of halogens is 1. The molecule has 0 heterocycles. The number of hydrogen-bond acceptors (Lipinski definition) is 5. The predicted molar refractivity (Wildman–Crippen MR) is 74.6 cm³/mol. The Morgan fingerprint density at radius 3 is 2.75 bits per heavy atom. The van der Waals surface area contributed by atoms with Crippen LogP contribution in [0.25, 0.3) is 0 Å². The molecular formula is C12H16ClN3O4. The lowest BCUT2D eigenvalue weighted by Gasteiger charge is -2.20. The lowest BCUT2D eigenvalue weighted by Crippen LogP contribution is -2.49. The highest BCUT2D eigenvalue weighted by molar-refractivity contribution is 6.32. The first-order valence-electron chi connectivity index (χ1n) is 5.90. The Morgan fingerprint density at radius 1 is 1.55 bits per heavy atom. The van der Waals surface area contributed by atoms with E-state index >= 15 is 0 Å². The van der Waals surface area contributed by atoms with Gasteiger partial charge in [0.05, 0.1) is 22.1 Å². The standard InChI is InChI=1S/C12H16ClN3O4/c1-12(15,11(14)17)6-3-7-20-10-8(13)4-2-5-9(10)16(18)19/h2,4-5H,3,6-7,15H2,1H3,(H2,14,17). The minimum Gasteiger partial charge on any atom is -0.486 e. The first-order chi connectivity index (χ1) is 9.25. The smallest absolute Gasteiger partial charge is 0.312 e. The monoisotopic (exact) mass is 301 g/mol. The number of carbonyl (C=O) groups is 1. The Hall–Kier alpha value is -1.86. The Kier molecular flexibility index (Phi) is 5.29. The molecule has 1 unspecified atom stereocenters. The molecule has 8 heteroatoms. The van der Waals surface area contributed by atoms with Gasteiger partial charge in [0.25, 0.3) is 0 Å². The molecule has 1 atom stereocenters. The third-order valence-electron chi connectivity index (χ3n) is 2.79. The maximum absolute atomic E-state index is 11.0. The van der Waals surface area contributed by atoms with Gasteiger partial charge in [0, 0.05) is 6.07 Å². The molecule has 7 nitrogen and oxygen atoms in total. The number of rotatable bonds is 7. The predicted octanol–water partition coefficient (Wildman–Crippen LogP) is 1.61. The van der Waals surface area contributed by atoms with E-state index in [-0.39, 0.29) is 23.1 Å². The van der Waals surface area contributed by atoms with Crippen molar-refractivity contribution in [2.75, 3.05) is 6.61 Å². The summed E-state index contributed by atoms with van der Waals surface area (Å²) >= 11 is 5.86. The molecule has 0 aliphatic rings. The van der Waals surface area contributed by atoms with Crippen molar-refractivity contribution in [3.8, 4) is 5.75 Å². The second kappa shape index (κ2) is 6.53. The summed E-state index contributed by atoms with van der Waals surface area (Å²) in [6, 6.07) is 4.27. The molecule has 20 heavy (non-hydrogen) atoms. The minimum absolute atomic E-state index is 0.0111. The highest BCUT2D eigenvalue weighted by Crippen LogP contribution is 2.34. The van der Waals surface area contributed by atoms with Crippen LogP contribution in [0, 0.1) is 10.1 Å². The molecule has 1 aromatic rings. The van der Waals surface area contributed by atoms with Crippen molar-refractivity contribution in [1.29, 1.82) is 0 Å². The van der Waals surface area contributed by atoms with Gasteiger partial charge in [-0.05, 0) is 25.8 Å². The molecule has 0 saturated carbocycles. The van der Waals surface area contributed by atoms with Gasteiger partial charge in [0.15, 0.2) is 0 Å². The van der Waals surface area contributed by atoms with Crippen LogP contribution in [-0.4, -0.2) is 23.0 Å². The van der Waals surface area contributed by atoms with E-state index in [0.717, 1.165) is 0 Å². The third kappa shape index (κ3) is 4.07. The van der Waals surface area contributed by atoms with E-state index in [1.807, 2.05) is 0 Å². The summed E-state index contributed by atoms with van der Waals surface area (Å²) in [5.41, 5.74) is 9.48. The Morgan fingerprint density at radius 2 is 2.20 bits per heavy atom. The topological polar surface area (TPSA) is 121 Å². The van der Waals surface area contributed by atoms with Gasteiger partial charge in [0.2, 0.25) is 11.7 Å². The molecule has 0 bridgehead atoms. The number of primary amides is 1. The van der Waals surface area contributed by atoms with Crippen molar-refractivity contribution in [2.45, 2.75) is 25.3 Å². The number of nitro benzene ring substituents is 1. The zero-order chi connectivity index (χ0) is 15.3. The van der Waals surface area contributed by atoms with Crippen LogP contribution in [0.4, 0.5) is 5.69 Å². The molecule has 1 rings (SSSR count). The SMILES string of the molecule is CC(N)(CCCOc1c(Cl)cccc1[N+](=O)[O-])C(N)=O. The molecule has 1 aromatic carbocycles. The summed E-state index contributed by atoms with van der Waals surface area (Å²) in [6.45, 7) is 1.66. The Labute approximate surface area is 121 Å². The van der Waals surface area contributed by atoms with Gasteiger partial charge in [-0.1, -0.05) is 17.7 Å². The van der Waals surface area contributed by atoms with Crippen molar-refractivity contribution in [3.05, 3.63) is 33.3 Å². The molecule has 0 spiro atoms. The van der Waals surface area contributed by atoms with Crippen LogP contribution in [0.1, 0.15) is 19.8 Å². The van der Waals surface area contributed by atoms with Gasteiger partial charge < -0.3 is 16.2 Å². The van der Waals surface area contributed by atoms with Gasteiger partial charge in [-0.2, -0.15) is 0 Å². The van der Waals surface area contributed by atoms with Crippen molar-refractivity contribution >= 4 is 23.2 Å². The highest BCUT2D eigenvalue weighted by atomic mass is 35.5. The molecule has 4 N–H and O–H groups in total. The van der Waals surface area contributed by atoms with Crippen molar-refractivity contribution in [1.82, 2.24) is 0 Å². The average molecular weight is 302 g/mol. The second-order valence-corrected chi connectivity index (χ2v) is 4.99. The molecule has 110 valence electrons. The number of para-hydroxylation sites is 1. The van der Waals surface area contributed by atoms with Crippen molar-refractivity contribution in [2.24, 2.45) is 11.5 Å². The number of amides is 1. The number of nitrogens with zero attached hydrogens (tertiary/aromatic N) is 1. The Balaban J connectivity index is 2.63. The van der Waals surface area contributed by atoms with E-state index in [9.17, 15) is 14.9 Å². The largest absolute Gasteiger partial charge is 0.486 e. The second-order valence-electron chi connectivity index (χ2n) is 4.58. The molecule has 0 fully saturated rings. The maximum Gasteiger partial charge on any atom is 0.312 e. The summed E-state index contributed by atoms with van der Waals surface area (Å²) in [5, 5.41) is 11.0. The number of carbonyl (C=O) groups excluding carboxylic acids is 1. The van der Waals surface area contributed by atoms with Gasteiger partial charge in [-0.3, -0.25) is 14.9 Å². The van der Waals surface area contributed by atoms with Crippen LogP contribution in [0.5, 0.6) is 5.75 Å². The fraction of sp³-hybridized carbons (Fsp3) is 0.417. The number of nitro groups is 1. The van der Waals surface area contributed by atoms with Crippen LogP contribution >= 0.6 is 11.6 Å². The van der Waals surface area contributed by atoms with Crippen molar-refractivity contribution < 1.29 is 14.5 Å². The van der Waals surface area contributed by atoms with Gasteiger partial charge in [-0.15, -0.1) is 0 Å². The summed E-state index contributed by atoms with van der Waals surface area (Å²) in [4.78, 5) is 21.3. The van der Waals surface area contributed by atoms with Crippen molar-refractivity contribution in [3.63, 3.8) is 0 Å². The minimum atomic E-state index is -1.13. The summed E-state index contributed by atoms with van der Waals surface area (Å²) < 4.78 is 5.32. The fourth-order valence-corrected chi connectivity index (χ4v) is 1.75. The molecular weight excluding hydrogens is 286 g/mol. The number of hydrogen-bond donors (Lipinski definition) is 2.